The number of nitrogens with one attached hydrogen (secondary N) is 2. The molecule has 0 atom stereocenters. The Morgan fingerprint density at radius 1 is 1.30 bits per heavy atom. The summed E-state index contributed by atoms with van der Waals surface area (Å²) >= 11 is 0. The number of aromatic nitrogens is 1. The van der Waals surface area contributed by atoms with Crippen molar-refractivity contribution in [2.24, 2.45) is 0 Å². The number of nitro groups is 1. The summed E-state index contributed by atoms with van der Waals surface area (Å²) in [5.74, 6) is 0. The minimum atomic E-state index is -3.39. The van der Waals surface area contributed by atoms with Gasteiger partial charge in [0.05, 0.1) is 16.7 Å². The number of fused-ring (bicyclic) bond motifs is 1. The van der Waals surface area contributed by atoms with Crippen LogP contribution in [0.2, 0.25) is 0 Å². The fraction of sp³-hybridized carbons (Fsp3) is 0.357. The van der Waals surface area contributed by atoms with Gasteiger partial charge in [-0.15, -0.1) is 0 Å². The molecule has 2 rings (SSSR count). The van der Waals surface area contributed by atoms with Gasteiger partial charge < -0.3 is 5.32 Å². The van der Waals surface area contributed by atoms with Crippen molar-refractivity contribution in [2.45, 2.75) is 19.4 Å². The number of nitrogens with zero attached hydrogens (tertiary/aromatic N) is 2. The Labute approximate surface area is 134 Å². The summed E-state index contributed by atoms with van der Waals surface area (Å²) in [7, 11) is -3.39. The van der Waals surface area contributed by atoms with Crippen LogP contribution in [0.3, 0.4) is 0 Å². The number of benzene rings is 1. The molecule has 0 saturated carbocycles. The van der Waals surface area contributed by atoms with E-state index in [0.29, 0.717) is 16.6 Å². The maximum atomic E-state index is 11.4. The van der Waals surface area contributed by atoms with Crippen molar-refractivity contribution in [2.75, 3.05) is 18.1 Å². The van der Waals surface area contributed by atoms with E-state index in [9.17, 15) is 18.5 Å². The maximum Gasteiger partial charge on any atom is 0.311 e. The highest BCUT2D eigenvalue weighted by molar-refractivity contribution is 7.88. The Bertz CT molecular complexity index is 849. The van der Waals surface area contributed by atoms with Crippen LogP contribution in [0, 0.1) is 10.1 Å². The van der Waals surface area contributed by atoms with Crippen LogP contribution in [-0.2, 0) is 10.0 Å². The molecular formula is C14H18N4O4S. The minimum absolute atomic E-state index is 0.154. The fourth-order valence-electron chi connectivity index (χ4n) is 2.30. The number of sulfonamides is 1. The molecule has 0 radical (unpaired) electrons. The molecule has 1 heterocycles. The lowest BCUT2D eigenvalue weighted by molar-refractivity contribution is -0.384. The van der Waals surface area contributed by atoms with E-state index in [4.69, 9.17) is 0 Å². The first-order valence-electron chi connectivity index (χ1n) is 6.84. The molecule has 2 N–H and O–H groups in total. The van der Waals surface area contributed by atoms with Gasteiger partial charge in [0.1, 0.15) is 11.9 Å². The molecule has 23 heavy (non-hydrogen) atoms. The van der Waals surface area contributed by atoms with Crippen LogP contribution in [0.1, 0.15) is 13.8 Å². The van der Waals surface area contributed by atoms with Crippen molar-refractivity contribution in [3.8, 4) is 0 Å². The second-order valence-electron chi connectivity index (χ2n) is 5.90. The molecule has 2 aromatic rings. The van der Waals surface area contributed by atoms with Gasteiger partial charge in [0.2, 0.25) is 10.0 Å². The second-order valence-corrected chi connectivity index (χ2v) is 7.65. The van der Waals surface area contributed by atoms with E-state index in [-0.39, 0.29) is 12.2 Å². The molecule has 0 aliphatic carbocycles. The van der Waals surface area contributed by atoms with Crippen LogP contribution >= 0.6 is 0 Å². The smallest absolute Gasteiger partial charge is 0.311 e. The SMILES string of the molecule is CC(C)(CNc1c([N+](=O)[O-])cnc2ccccc12)NS(C)(=O)=O. The van der Waals surface area contributed by atoms with Gasteiger partial charge in [-0.1, -0.05) is 18.2 Å². The Kier molecular flexibility index (Phi) is 4.53. The van der Waals surface area contributed by atoms with Crippen molar-refractivity contribution in [1.29, 1.82) is 0 Å². The van der Waals surface area contributed by atoms with Gasteiger partial charge in [0, 0.05) is 17.5 Å². The van der Waals surface area contributed by atoms with E-state index in [1.165, 1.54) is 6.20 Å². The lowest BCUT2D eigenvalue weighted by Crippen LogP contribution is -2.47. The van der Waals surface area contributed by atoms with Gasteiger partial charge in [-0.25, -0.2) is 18.1 Å². The molecule has 0 aliphatic rings. The molecule has 9 heteroatoms. The zero-order valence-corrected chi connectivity index (χ0v) is 13.8. The van der Waals surface area contributed by atoms with E-state index in [0.717, 1.165) is 6.26 Å². The van der Waals surface area contributed by atoms with E-state index < -0.39 is 20.5 Å². The monoisotopic (exact) mass is 338 g/mol. The standard InChI is InChI=1S/C14H18N4O4S/c1-14(2,17-23(3,21)22)9-16-13-10-6-4-5-7-11(10)15-8-12(13)18(19)20/h4-8,17H,9H2,1-3H3,(H,15,16). The third-order valence-electron chi connectivity index (χ3n) is 3.12. The van der Waals surface area contributed by atoms with Crippen LogP contribution in [-0.4, -0.2) is 36.7 Å². The summed E-state index contributed by atoms with van der Waals surface area (Å²) in [5.41, 5.74) is -0.0245. The normalized spacial score (nSPS) is 12.3. The van der Waals surface area contributed by atoms with Crippen LogP contribution in [0.5, 0.6) is 0 Å². The molecule has 0 spiro atoms. The van der Waals surface area contributed by atoms with Crippen molar-refractivity contribution in [3.05, 3.63) is 40.6 Å². The van der Waals surface area contributed by atoms with Gasteiger partial charge in [-0.2, -0.15) is 0 Å². The summed E-state index contributed by atoms with van der Waals surface area (Å²) in [6, 6.07) is 7.04. The van der Waals surface area contributed by atoms with Crippen molar-refractivity contribution >= 4 is 32.3 Å². The third kappa shape index (κ3) is 4.36. The van der Waals surface area contributed by atoms with E-state index in [1.807, 2.05) is 0 Å². The predicted octanol–water partition coefficient (Wildman–Crippen LogP) is 1.88. The number of para-hydroxylation sites is 1. The lowest BCUT2D eigenvalue weighted by atomic mass is 10.1. The summed E-state index contributed by atoms with van der Waals surface area (Å²) in [6.45, 7) is 3.56. The Morgan fingerprint density at radius 3 is 2.57 bits per heavy atom. The molecule has 0 saturated heterocycles. The largest absolute Gasteiger partial charge is 0.377 e. The molecule has 1 aromatic carbocycles. The topological polar surface area (TPSA) is 114 Å². The molecule has 1 aromatic heterocycles. The number of pyridine rings is 1. The van der Waals surface area contributed by atoms with E-state index in [2.05, 4.69) is 15.0 Å². The maximum absolute atomic E-state index is 11.4. The summed E-state index contributed by atoms with van der Waals surface area (Å²) in [6.07, 6.45) is 2.26. The Hall–Kier alpha value is -2.26. The minimum Gasteiger partial charge on any atom is -0.377 e. The highest BCUT2D eigenvalue weighted by atomic mass is 32.2. The van der Waals surface area contributed by atoms with Gasteiger partial charge in [0.25, 0.3) is 0 Å². The Balaban J connectivity index is 2.38. The summed E-state index contributed by atoms with van der Waals surface area (Å²) < 4.78 is 25.3. The zero-order chi connectivity index (χ0) is 17.3. The molecule has 0 fully saturated rings. The van der Waals surface area contributed by atoms with E-state index >= 15 is 0 Å². The summed E-state index contributed by atoms with van der Waals surface area (Å²) in [5, 5.41) is 14.8. The first-order chi connectivity index (χ1) is 10.6. The zero-order valence-electron chi connectivity index (χ0n) is 13.0. The first-order valence-corrected chi connectivity index (χ1v) is 8.73. The lowest BCUT2D eigenvalue weighted by Gasteiger charge is -2.26. The van der Waals surface area contributed by atoms with Crippen LogP contribution in [0.25, 0.3) is 10.9 Å². The van der Waals surface area contributed by atoms with Crippen LogP contribution < -0.4 is 10.0 Å². The highest BCUT2D eigenvalue weighted by Gasteiger charge is 2.24. The number of anilines is 1. The quantitative estimate of drug-likeness (QED) is 0.614. The number of rotatable bonds is 6. The molecule has 0 amide bonds. The molecule has 8 nitrogen and oxygen atoms in total. The average Bonchev–Trinajstić information content (AvgIpc) is 2.41. The van der Waals surface area contributed by atoms with Crippen LogP contribution in [0.15, 0.2) is 30.5 Å². The second kappa shape index (κ2) is 6.09. The third-order valence-corrected chi connectivity index (χ3v) is 4.04. The molecule has 0 unspecified atom stereocenters. The van der Waals surface area contributed by atoms with Gasteiger partial charge >= 0.3 is 5.69 Å². The predicted molar refractivity (Wildman–Crippen MR) is 88.9 cm³/mol. The van der Waals surface area contributed by atoms with Crippen molar-refractivity contribution in [3.63, 3.8) is 0 Å². The number of hydrogen-bond acceptors (Lipinski definition) is 6. The Morgan fingerprint density at radius 2 is 1.96 bits per heavy atom. The molecule has 124 valence electrons. The molecular weight excluding hydrogens is 320 g/mol. The van der Waals surface area contributed by atoms with Gasteiger partial charge in [0.15, 0.2) is 0 Å². The molecule has 0 aliphatic heterocycles. The van der Waals surface area contributed by atoms with Crippen molar-refractivity contribution < 1.29 is 13.3 Å². The average molecular weight is 338 g/mol. The highest BCUT2D eigenvalue weighted by Crippen LogP contribution is 2.31. The van der Waals surface area contributed by atoms with Gasteiger partial charge in [-0.05, 0) is 19.9 Å². The van der Waals surface area contributed by atoms with Crippen LogP contribution in [0.4, 0.5) is 11.4 Å². The molecule has 0 bridgehead atoms. The fourth-order valence-corrected chi connectivity index (χ4v) is 3.38. The van der Waals surface area contributed by atoms with E-state index in [1.54, 1.807) is 38.1 Å². The summed E-state index contributed by atoms with van der Waals surface area (Å²) in [4.78, 5) is 14.8. The number of hydrogen-bond donors (Lipinski definition) is 2. The van der Waals surface area contributed by atoms with Gasteiger partial charge in [-0.3, -0.25) is 10.1 Å². The first kappa shape index (κ1) is 17.1. The van der Waals surface area contributed by atoms with Crippen molar-refractivity contribution in [1.82, 2.24) is 9.71 Å².